The van der Waals surface area contributed by atoms with Gasteiger partial charge in [-0.25, -0.2) is 4.79 Å². The molecule has 0 heterocycles. The number of rotatable bonds is 17. The van der Waals surface area contributed by atoms with Gasteiger partial charge < -0.3 is 40.1 Å². The molecule has 326 valence electrons. The number of allylic oxidation sites excluding steroid dienone is 20. The Labute approximate surface area is 351 Å². The molecule has 0 aromatic heterocycles. The van der Waals surface area contributed by atoms with Crippen LogP contribution in [0.3, 0.4) is 0 Å². The van der Waals surface area contributed by atoms with Gasteiger partial charge in [0.2, 0.25) is 0 Å². The molecule has 2 aliphatic carbocycles. The van der Waals surface area contributed by atoms with Gasteiger partial charge in [0.15, 0.2) is 17.7 Å². The third-order valence-electron chi connectivity index (χ3n) is 9.94. The highest BCUT2D eigenvalue weighted by atomic mass is 16.7. The normalized spacial score (nSPS) is 23.4. The molecule has 6 N–H and O–H groups in total. The first-order valence-electron chi connectivity index (χ1n) is 20.1. The van der Waals surface area contributed by atoms with Gasteiger partial charge in [0.05, 0.1) is 6.61 Å². The van der Waals surface area contributed by atoms with Gasteiger partial charge in [-0.05, 0) is 88.0 Å². The van der Waals surface area contributed by atoms with E-state index in [0.29, 0.717) is 17.6 Å². The first kappa shape index (κ1) is 52.5. The largest absolute Gasteiger partial charge is 0.509 e. The lowest BCUT2D eigenvalue weighted by atomic mass is 9.71. The molecule has 0 amide bonds. The topological polar surface area (TPSA) is 191 Å². The molecule has 0 aliphatic heterocycles. The van der Waals surface area contributed by atoms with Gasteiger partial charge in [0, 0.05) is 0 Å². The van der Waals surface area contributed by atoms with Crippen LogP contribution >= 0.6 is 0 Å². The van der Waals surface area contributed by atoms with Crippen LogP contribution in [0, 0.1) is 11.3 Å². The molecule has 0 spiro atoms. The standard InChI is InChI=1S/C46H62O11.C2H6/c1-28(14-10-11-15-29(2)17-13-19-31(4)21-23-36-34(7)41(51)37(48)25-46(36,8)9)16-12-18-30(3)20-22-35-32(5)24-40(42(52)33(35)6)57-45(55)56-27-39(50)44(54)43(53)38(49)26-47;1-2/h10-23,32,37-40,43-44,47-50,53-54H,24-27H2,1-9H3;1-2H3/b11-10+,16-12+,17-13+,22-20+,23-21+,28-14+,29-15+,30-18+,31-19+;. The van der Waals surface area contributed by atoms with E-state index >= 15 is 0 Å². The molecule has 2 aliphatic rings. The molecule has 0 saturated carbocycles. The summed E-state index contributed by atoms with van der Waals surface area (Å²) in [5.74, 6) is -0.701. The van der Waals surface area contributed by atoms with Crippen molar-refractivity contribution in [2.45, 2.75) is 126 Å². The van der Waals surface area contributed by atoms with Crippen molar-refractivity contribution >= 4 is 17.7 Å². The smallest absolute Gasteiger partial charge is 0.431 e. The number of aliphatic hydroxyl groups is 6. The van der Waals surface area contributed by atoms with Gasteiger partial charge in [-0.1, -0.05) is 142 Å². The molecular weight excluding hydrogens is 753 g/mol. The van der Waals surface area contributed by atoms with Crippen LogP contribution in [0.15, 0.2) is 130 Å². The lowest BCUT2D eigenvalue weighted by Gasteiger charge is -2.34. The molecule has 0 bridgehead atoms. The van der Waals surface area contributed by atoms with Crippen LogP contribution in [-0.4, -0.2) is 98.2 Å². The molecule has 2 rings (SSSR count). The second kappa shape index (κ2) is 25.9. The van der Waals surface area contributed by atoms with E-state index in [0.717, 1.165) is 33.4 Å². The Hall–Kier alpha value is -4.49. The van der Waals surface area contributed by atoms with Crippen LogP contribution in [0.4, 0.5) is 4.79 Å². The summed E-state index contributed by atoms with van der Waals surface area (Å²) in [5, 5.41) is 57.9. The number of carbonyl (C=O) groups excluding carboxylic acids is 3. The van der Waals surface area contributed by atoms with E-state index in [-0.39, 0.29) is 29.3 Å². The number of Topliss-reactive ketones (excluding diaryl/α,β-unsaturated/α-hetero) is 2. The first-order chi connectivity index (χ1) is 27.7. The van der Waals surface area contributed by atoms with Crippen LogP contribution < -0.4 is 0 Å². The van der Waals surface area contributed by atoms with Crippen molar-refractivity contribution in [2.24, 2.45) is 11.3 Å². The fourth-order valence-electron chi connectivity index (χ4n) is 6.37. The summed E-state index contributed by atoms with van der Waals surface area (Å²) in [4.78, 5) is 37.5. The summed E-state index contributed by atoms with van der Waals surface area (Å²) >= 11 is 0. The lowest BCUT2D eigenvalue weighted by molar-refractivity contribution is -0.132. The van der Waals surface area contributed by atoms with E-state index in [1.165, 1.54) is 0 Å². The van der Waals surface area contributed by atoms with Crippen molar-refractivity contribution in [1.82, 2.24) is 0 Å². The zero-order valence-corrected chi connectivity index (χ0v) is 36.7. The number of ether oxygens (including phenoxy) is 2. The number of hydrogen-bond donors (Lipinski definition) is 6. The van der Waals surface area contributed by atoms with Crippen molar-refractivity contribution in [2.75, 3.05) is 13.2 Å². The molecule has 0 saturated heterocycles. The maximum Gasteiger partial charge on any atom is 0.509 e. The second-order valence-corrected chi connectivity index (χ2v) is 15.5. The lowest BCUT2D eigenvalue weighted by Crippen LogP contribution is -2.47. The minimum absolute atomic E-state index is 0.122. The maximum absolute atomic E-state index is 13.0. The second-order valence-electron chi connectivity index (χ2n) is 15.5. The van der Waals surface area contributed by atoms with Crippen molar-refractivity contribution in [1.29, 1.82) is 0 Å². The van der Waals surface area contributed by atoms with E-state index in [1.54, 1.807) is 13.8 Å². The molecular formula is C48H68O11. The average Bonchev–Trinajstić information content (AvgIpc) is 3.19. The Bertz CT molecular complexity index is 1790. The van der Waals surface area contributed by atoms with Crippen LogP contribution in [0.2, 0.25) is 0 Å². The van der Waals surface area contributed by atoms with Crippen LogP contribution in [-0.2, 0) is 19.1 Å². The summed E-state index contributed by atoms with van der Waals surface area (Å²) in [5.41, 5.74) is 6.69. The summed E-state index contributed by atoms with van der Waals surface area (Å²) in [6, 6.07) is 0. The van der Waals surface area contributed by atoms with Crippen molar-refractivity contribution < 1.29 is 54.5 Å². The quantitative estimate of drug-likeness (QED) is 0.0646. The number of aliphatic hydroxyl groups excluding tert-OH is 6. The van der Waals surface area contributed by atoms with Crippen LogP contribution in [0.5, 0.6) is 0 Å². The Morgan fingerprint density at radius 1 is 0.746 bits per heavy atom. The molecule has 11 nitrogen and oxygen atoms in total. The summed E-state index contributed by atoms with van der Waals surface area (Å²) in [6.07, 6.45) is 17.8. The third-order valence-corrected chi connectivity index (χ3v) is 9.94. The minimum atomic E-state index is -1.90. The molecule has 0 aromatic rings. The van der Waals surface area contributed by atoms with Gasteiger partial charge in [-0.3, -0.25) is 9.59 Å². The number of ketones is 2. The van der Waals surface area contributed by atoms with E-state index in [9.17, 15) is 39.9 Å². The fourth-order valence-corrected chi connectivity index (χ4v) is 6.37. The Morgan fingerprint density at radius 2 is 1.22 bits per heavy atom. The number of hydrogen-bond acceptors (Lipinski definition) is 11. The molecule has 0 radical (unpaired) electrons. The summed E-state index contributed by atoms with van der Waals surface area (Å²) < 4.78 is 10.00. The van der Waals surface area contributed by atoms with Crippen molar-refractivity contribution in [3.05, 3.63) is 130 Å². The van der Waals surface area contributed by atoms with E-state index in [4.69, 9.17) is 14.6 Å². The third kappa shape index (κ3) is 17.3. The first-order valence-corrected chi connectivity index (χ1v) is 20.1. The van der Waals surface area contributed by atoms with E-state index in [2.05, 4.69) is 0 Å². The van der Waals surface area contributed by atoms with E-state index < -0.39 is 56.0 Å². The average molecular weight is 821 g/mol. The highest BCUT2D eigenvalue weighted by Crippen LogP contribution is 2.39. The summed E-state index contributed by atoms with van der Waals surface area (Å²) in [7, 11) is 0. The molecule has 0 aromatic carbocycles. The van der Waals surface area contributed by atoms with Crippen LogP contribution in [0.1, 0.15) is 89.0 Å². The zero-order chi connectivity index (χ0) is 45.0. The molecule has 0 fully saturated rings. The highest BCUT2D eigenvalue weighted by Gasteiger charge is 2.37. The zero-order valence-electron chi connectivity index (χ0n) is 36.7. The van der Waals surface area contributed by atoms with E-state index in [1.807, 2.05) is 147 Å². The minimum Gasteiger partial charge on any atom is -0.431 e. The van der Waals surface area contributed by atoms with Crippen molar-refractivity contribution in [3.63, 3.8) is 0 Å². The molecule has 11 heteroatoms. The number of carbonyl (C=O) groups is 3. The van der Waals surface area contributed by atoms with Gasteiger partial charge >= 0.3 is 6.16 Å². The molecule has 7 unspecified atom stereocenters. The van der Waals surface area contributed by atoms with Gasteiger partial charge in [-0.15, -0.1) is 0 Å². The van der Waals surface area contributed by atoms with Crippen LogP contribution in [0.25, 0.3) is 0 Å². The predicted octanol–water partition coefficient (Wildman–Crippen LogP) is 7.14. The predicted molar refractivity (Wildman–Crippen MR) is 233 cm³/mol. The molecule has 59 heavy (non-hydrogen) atoms. The van der Waals surface area contributed by atoms with Gasteiger partial charge in [0.1, 0.15) is 37.1 Å². The molecule has 7 atom stereocenters. The maximum atomic E-state index is 13.0. The highest BCUT2D eigenvalue weighted by molar-refractivity contribution is 6.01. The van der Waals surface area contributed by atoms with Gasteiger partial charge in [0.25, 0.3) is 0 Å². The SMILES string of the molecule is CC.CC1=C(/C=C/C(C)=C/C=C/C(C)=C/C=C/C=C(C)/C=C/C=C(C)/C=C/C2=C(C)C(=O)C(O)CC2(C)C)C(C)CC(OC(=O)OCC(O)C(O)C(O)C(O)CO)C1=O. The fraction of sp³-hybridized carbons (Fsp3) is 0.479. The Balaban J connectivity index is 0.00000856. The Morgan fingerprint density at radius 3 is 1.75 bits per heavy atom. The monoisotopic (exact) mass is 820 g/mol. The summed E-state index contributed by atoms with van der Waals surface area (Å²) in [6.45, 7) is 19.8. The van der Waals surface area contributed by atoms with Gasteiger partial charge in [-0.2, -0.15) is 0 Å². The Kier molecular flexibility index (Phi) is 23.0. The van der Waals surface area contributed by atoms with Crippen molar-refractivity contribution in [3.8, 4) is 0 Å².